The second-order valence-electron chi connectivity index (χ2n) is 5.81. The fraction of sp³-hybridized carbons (Fsp3) is 0.0500. The largest absolute Gasteiger partial charge is 0.269 e. The summed E-state index contributed by atoms with van der Waals surface area (Å²) in [6.45, 7) is 2.04. The summed E-state index contributed by atoms with van der Waals surface area (Å²) in [4.78, 5) is 12.4. The van der Waals surface area contributed by atoms with Crippen LogP contribution in [0.25, 0.3) is 17.1 Å². The molecule has 4 aromatic rings. The van der Waals surface area contributed by atoms with E-state index in [2.05, 4.69) is 10.3 Å². The van der Waals surface area contributed by atoms with Crippen LogP contribution in [0.4, 0.5) is 0 Å². The first-order valence-corrected chi connectivity index (χ1v) is 8.00. The van der Waals surface area contributed by atoms with Crippen molar-refractivity contribution in [2.24, 2.45) is 0 Å². The van der Waals surface area contributed by atoms with Crippen molar-refractivity contribution in [1.29, 1.82) is 0 Å². The van der Waals surface area contributed by atoms with Gasteiger partial charge in [-0.05, 0) is 36.8 Å². The number of fused-ring (bicyclic) bond motifs is 1. The second-order valence-corrected chi connectivity index (χ2v) is 5.81. The third-order valence-electron chi connectivity index (χ3n) is 4.01. The molecule has 4 rings (SSSR count). The first kappa shape index (κ1) is 15.1. The van der Waals surface area contributed by atoms with Crippen LogP contribution in [-0.2, 0) is 0 Å². The van der Waals surface area contributed by atoms with Gasteiger partial charge in [0.05, 0.1) is 5.52 Å². The van der Waals surface area contributed by atoms with Gasteiger partial charge < -0.3 is 0 Å². The summed E-state index contributed by atoms with van der Waals surface area (Å²) in [5.74, 6) is 0.628. The van der Waals surface area contributed by atoms with Crippen LogP contribution in [0.15, 0.2) is 77.7 Å². The minimum absolute atomic E-state index is 0.125. The molecule has 0 saturated carbocycles. The highest BCUT2D eigenvalue weighted by Gasteiger charge is 2.11. The van der Waals surface area contributed by atoms with Gasteiger partial charge in [-0.25, -0.2) is 0 Å². The van der Waals surface area contributed by atoms with E-state index in [4.69, 9.17) is 0 Å². The molecule has 0 unspecified atom stereocenters. The molecule has 25 heavy (non-hydrogen) atoms. The van der Waals surface area contributed by atoms with Crippen LogP contribution < -0.4 is 5.56 Å². The first-order valence-electron chi connectivity index (χ1n) is 8.00. The number of hydrogen-bond acceptors (Lipinski definition) is 3. The number of aryl methyl sites for hydroxylation is 1. The quantitative estimate of drug-likeness (QED) is 0.580. The third kappa shape index (κ3) is 2.87. The predicted molar refractivity (Wildman–Crippen MR) is 97.9 cm³/mol. The van der Waals surface area contributed by atoms with E-state index in [-0.39, 0.29) is 5.56 Å². The molecule has 0 atom stereocenters. The van der Waals surface area contributed by atoms with Crippen molar-refractivity contribution in [2.75, 3.05) is 0 Å². The van der Waals surface area contributed by atoms with Crippen LogP contribution in [-0.4, -0.2) is 19.6 Å². The van der Waals surface area contributed by atoms with Gasteiger partial charge in [0.2, 0.25) is 0 Å². The molecular weight excluding hydrogens is 312 g/mol. The Balaban J connectivity index is 1.97. The van der Waals surface area contributed by atoms with Crippen molar-refractivity contribution in [3.8, 4) is 0 Å². The van der Waals surface area contributed by atoms with E-state index in [1.54, 1.807) is 21.5 Å². The number of hydrogen-bond donors (Lipinski definition) is 0. The van der Waals surface area contributed by atoms with E-state index in [9.17, 15) is 4.79 Å². The maximum Gasteiger partial charge on any atom is 0.256 e. The summed E-state index contributed by atoms with van der Waals surface area (Å²) >= 11 is 0. The van der Waals surface area contributed by atoms with Gasteiger partial charge in [0.15, 0.2) is 0 Å². The standard InChI is InChI=1S/C20H16N4O/c1-15-9-11-16(12-10-15)14-19(23-13-5-4-8-20(23)25)24-18-7-3-2-6-17(18)21-22-24/h2-14H,1H3. The fourth-order valence-electron chi connectivity index (χ4n) is 2.70. The van der Waals surface area contributed by atoms with Crippen molar-refractivity contribution in [2.45, 2.75) is 6.92 Å². The van der Waals surface area contributed by atoms with Crippen LogP contribution in [0.3, 0.4) is 0 Å². The van der Waals surface area contributed by atoms with E-state index in [0.29, 0.717) is 5.82 Å². The van der Waals surface area contributed by atoms with E-state index in [1.165, 1.54) is 11.6 Å². The Kier molecular flexibility index (Phi) is 3.74. The second kappa shape index (κ2) is 6.20. The van der Waals surface area contributed by atoms with E-state index < -0.39 is 0 Å². The van der Waals surface area contributed by atoms with E-state index in [1.807, 2.05) is 67.6 Å². The average molecular weight is 328 g/mol. The van der Waals surface area contributed by atoms with Crippen LogP contribution in [0, 0.1) is 12.7 Å². The molecule has 0 bridgehead atoms. The van der Waals surface area contributed by atoms with Crippen LogP contribution in [0.5, 0.6) is 0 Å². The number of para-hydroxylation sites is 1. The van der Waals surface area contributed by atoms with Crippen molar-refractivity contribution in [3.63, 3.8) is 0 Å². The SMILES string of the molecule is Cc1ccc(C=C(n2ccccc2=O)n2nnc3ccccc32)cc1. The molecule has 0 spiro atoms. The minimum atomic E-state index is -0.125. The minimum Gasteiger partial charge on any atom is -0.269 e. The van der Waals surface area contributed by atoms with Gasteiger partial charge in [-0.15, -0.1) is 5.10 Å². The summed E-state index contributed by atoms with van der Waals surface area (Å²) in [5.41, 5.74) is 3.66. The number of nitrogens with zero attached hydrogens (tertiary/aromatic N) is 4. The highest BCUT2D eigenvalue weighted by molar-refractivity contribution is 5.75. The molecule has 2 heterocycles. The topological polar surface area (TPSA) is 52.7 Å². The molecule has 0 aliphatic rings. The molecule has 0 radical (unpaired) electrons. The summed E-state index contributed by atoms with van der Waals surface area (Å²) in [6.07, 6.45) is 3.67. The highest BCUT2D eigenvalue weighted by atomic mass is 16.1. The summed E-state index contributed by atoms with van der Waals surface area (Å²) in [6, 6.07) is 20.9. The Morgan fingerprint density at radius 2 is 1.72 bits per heavy atom. The van der Waals surface area contributed by atoms with Gasteiger partial charge in [-0.1, -0.05) is 53.2 Å². The van der Waals surface area contributed by atoms with Gasteiger partial charge in [0, 0.05) is 12.3 Å². The Morgan fingerprint density at radius 3 is 2.52 bits per heavy atom. The molecule has 0 N–H and O–H groups in total. The summed E-state index contributed by atoms with van der Waals surface area (Å²) in [7, 11) is 0. The predicted octanol–water partition coefficient (Wildman–Crippen LogP) is 3.22. The molecule has 0 fully saturated rings. The monoisotopic (exact) mass is 328 g/mol. The molecule has 0 saturated heterocycles. The summed E-state index contributed by atoms with van der Waals surface area (Å²) < 4.78 is 3.26. The normalized spacial score (nSPS) is 11.8. The van der Waals surface area contributed by atoms with Gasteiger partial charge in [0.1, 0.15) is 11.3 Å². The maximum atomic E-state index is 12.4. The highest BCUT2D eigenvalue weighted by Crippen LogP contribution is 2.16. The fourth-order valence-corrected chi connectivity index (χ4v) is 2.70. The molecule has 2 aromatic heterocycles. The smallest absolute Gasteiger partial charge is 0.256 e. The van der Waals surface area contributed by atoms with Gasteiger partial charge in [-0.3, -0.25) is 9.36 Å². The molecule has 122 valence electrons. The molecule has 0 aliphatic heterocycles. The van der Waals surface area contributed by atoms with Crippen molar-refractivity contribution in [1.82, 2.24) is 19.6 Å². The number of benzene rings is 2. The maximum absolute atomic E-state index is 12.4. The van der Waals surface area contributed by atoms with Gasteiger partial charge >= 0.3 is 0 Å². The first-order chi connectivity index (χ1) is 12.2. The third-order valence-corrected chi connectivity index (χ3v) is 4.01. The Bertz CT molecular complexity index is 1120. The zero-order valence-electron chi connectivity index (χ0n) is 13.7. The molecular formula is C20H16N4O. The van der Waals surface area contributed by atoms with Crippen molar-refractivity contribution < 1.29 is 0 Å². The van der Waals surface area contributed by atoms with Crippen LogP contribution in [0.1, 0.15) is 11.1 Å². The lowest BCUT2D eigenvalue weighted by molar-refractivity contribution is 0.660. The number of aromatic nitrogens is 4. The lowest BCUT2D eigenvalue weighted by atomic mass is 10.1. The molecule has 0 amide bonds. The van der Waals surface area contributed by atoms with Gasteiger partial charge in [-0.2, -0.15) is 4.68 Å². The van der Waals surface area contributed by atoms with Gasteiger partial charge in [0.25, 0.3) is 5.56 Å². The van der Waals surface area contributed by atoms with E-state index in [0.717, 1.165) is 16.6 Å². The zero-order chi connectivity index (χ0) is 17.2. The Morgan fingerprint density at radius 1 is 0.960 bits per heavy atom. The Hall–Kier alpha value is -3.47. The van der Waals surface area contributed by atoms with Crippen LogP contribution in [0.2, 0.25) is 0 Å². The molecule has 2 aromatic carbocycles. The lowest BCUT2D eigenvalue weighted by Gasteiger charge is -2.11. The average Bonchev–Trinajstić information content (AvgIpc) is 3.06. The number of rotatable bonds is 3. The van der Waals surface area contributed by atoms with Crippen LogP contribution >= 0.6 is 0 Å². The molecule has 5 heteroatoms. The summed E-state index contributed by atoms with van der Waals surface area (Å²) in [5, 5.41) is 8.47. The Labute approximate surface area is 144 Å². The van der Waals surface area contributed by atoms with E-state index >= 15 is 0 Å². The molecule has 5 nitrogen and oxygen atoms in total. The lowest BCUT2D eigenvalue weighted by Crippen LogP contribution is -2.24. The zero-order valence-corrected chi connectivity index (χ0v) is 13.7. The van der Waals surface area contributed by atoms with Crippen molar-refractivity contribution in [3.05, 3.63) is 100 Å². The van der Waals surface area contributed by atoms with Crippen molar-refractivity contribution >= 4 is 17.1 Å². The number of pyridine rings is 1. The molecule has 0 aliphatic carbocycles.